The molecular formula is C8H16O. The summed E-state index contributed by atoms with van der Waals surface area (Å²) in [4.78, 5) is 0. The van der Waals surface area contributed by atoms with Gasteiger partial charge in [0.05, 0.1) is 11.7 Å². The van der Waals surface area contributed by atoms with Crippen molar-refractivity contribution in [2.24, 2.45) is 5.92 Å². The van der Waals surface area contributed by atoms with E-state index in [0.29, 0.717) is 12.0 Å². The van der Waals surface area contributed by atoms with E-state index in [0.717, 1.165) is 0 Å². The van der Waals surface area contributed by atoms with E-state index in [1.807, 2.05) is 0 Å². The smallest absolute Gasteiger partial charge is 0.0655 e. The largest absolute Gasteiger partial charge is 0.372 e. The van der Waals surface area contributed by atoms with Crippen LogP contribution in [-0.2, 0) is 4.74 Å². The molecule has 1 nitrogen and oxygen atoms in total. The van der Waals surface area contributed by atoms with Crippen molar-refractivity contribution in [3.63, 3.8) is 0 Å². The van der Waals surface area contributed by atoms with Gasteiger partial charge in [-0.2, -0.15) is 0 Å². The zero-order valence-corrected chi connectivity index (χ0v) is 6.77. The lowest BCUT2D eigenvalue weighted by Crippen LogP contribution is -2.48. The third-order valence-corrected chi connectivity index (χ3v) is 1.91. The third-order valence-electron chi connectivity index (χ3n) is 1.91. The molecule has 0 N–H and O–H groups in total. The highest BCUT2D eigenvalue weighted by molar-refractivity contribution is 4.86. The minimum atomic E-state index is 0.176. The second-order valence-corrected chi connectivity index (χ2v) is 3.86. The Hall–Kier alpha value is -0.0400. The van der Waals surface area contributed by atoms with Crippen LogP contribution in [0.25, 0.3) is 0 Å². The second-order valence-electron chi connectivity index (χ2n) is 3.86. The van der Waals surface area contributed by atoms with E-state index in [4.69, 9.17) is 4.74 Å². The standard InChI is InChI=1S/C8H16O/c1-6(2)7-5-8(3,4)9-7/h6-7H,5H2,1-4H3. The fourth-order valence-corrected chi connectivity index (χ4v) is 1.26. The maximum atomic E-state index is 5.59. The summed E-state index contributed by atoms with van der Waals surface area (Å²) in [7, 11) is 0. The lowest BCUT2D eigenvalue weighted by molar-refractivity contribution is -0.200. The predicted octanol–water partition coefficient (Wildman–Crippen LogP) is 2.21. The zero-order chi connectivity index (χ0) is 7.07. The van der Waals surface area contributed by atoms with E-state index in [2.05, 4.69) is 27.7 Å². The SMILES string of the molecule is CC(C)C1CC(C)(C)O1. The van der Waals surface area contributed by atoms with Crippen LogP contribution < -0.4 is 0 Å². The zero-order valence-electron chi connectivity index (χ0n) is 6.77. The molecule has 1 rings (SSSR count). The van der Waals surface area contributed by atoms with Crippen LogP contribution >= 0.6 is 0 Å². The van der Waals surface area contributed by atoms with Crippen molar-refractivity contribution in [1.82, 2.24) is 0 Å². The van der Waals surface area contributed by atoms with Crippen LogP contribution in [0.3, 0.4) is 0 Å². The topological polar surface area (TPSA) is 9.23 Å². The maximum absolute atomic E-state index is 5.59. The molecule has 1 saturated heterocycles. The first kappa shape index (κ1) is 7.07. The van der Waals surface area contributed by atoms with Gasteiger partial charge in [0.2, 0.25) is 0 Å². The van der Waals surface area contributed by atoms with E-state index in [1.165, 1.54) is 6.42 Å². The Morgan fingerprint density at radius 2 is 1.89 bits per heavy atom. The summed E-state index contributed by atoms with van der Waals surface area (Å²) in [5.41, 5.74) is 0.176. The summed E-state index contributed by atoms with van der Waals surface area (Å²) < 4.78 is 5.59. The first-order valence-corrected chi connectivity index (χ1v) is 3.69. The van der Waals surface area contributed by atoms with Crippen molar-refractivity contribution >= 4 is 0 Å². The van der Waals surface area contributed by atoms with Gasteiger partial charge in [-0.15, -0.1) is 0 Å². The van der Waals surface area contributed by atoms with E-state index in [-0.39, 0.29) is 5.60 Å². The summed E-state index contributed by atoms with van der Waals surface area (Å²) in [6.45, 7) is 8.71. The fraction of sp³-hybridized carbons (Fsp3) is 1.00. The first-order valence-electron chi connectivity index (χ1n) is 3.69. The molecule has 1 unspecified atom stereocenters. The minimum absolute atomic E-state index is 0.176. The molecular weight excluding hydrogens is 112 g/mol. The van der Waals surface area contributed by atoms with Gasteiger partial charge in [-0.05, 0) is 19.8 Å². The average molecular weight is 128 g/mol. The van der Waals surface area contributed by atoms with Gasteiger partial charge in [0.15, 0.2) is 0 Å². The van der Waals surface area contributed by atoms with Gasteiger partial charge in [0, 0.05) is 6.42 Å². The van der Waals surface area contributed by atoms with Crippen LogP contribution in [0.5, 0.6) is 0 Å². The molecule has 54 valence electrons. The van der Waals surface area contributed by atoms with Crippen molar-refractivity contribution in [2.45, 2.75) is 45.8 Å². The van der Waals surface area contributed by atoms with Crippen LogP contribution in [-0.4, -0.2) is 11.7 Å². The molecule has 1 atom stereocenters. The molecule has 0 aromatic carbocycles. The molecule has 1 aliphatic rings. The first-order chi connectivity index (χ1) is 4.01. The number of rotatable bonds is 1. The highest BCUT2D eigenvalue weighted by atomic mass is 16.5. The van der Waals surface area contributed by atoms with E-state index in [1.54, 1.807) is 0 Å². The van der Waals surface area contributed by atoms with Crippen molar-refractivity contribution in [3.8, 4) is 0 Å². The molecule has 0 aromatic rings. The number of hydrogen-bond acceptors (Lipinski definition) is 1. The van der Waals surface area contributed by atoms with Crippen molar-refractivity contribution in [3.05, 3.63) is 0 Å². The summed E-state index contributed by atoms with van der Waals surface area (Å²) in [5, 5.41) is 0. The number of ether oxygens (including phenoxy) is 1. The van der Waals surface area contributed by atoms with E-state index < -0.39 is 0 Å². The highest BCUT2D eigenvalue weighted by Gasteiger charge is 2.38. The van der Waals surface area contributed by atoms with Gasteiger partial charge in [-0.3, -0.25) is 0 Å². The van der Waals surface area contributed by atoms with Gasteiger partial charge in [-0.1, -0.05) is 13.8 Å². The molecule has 1 aliphatic heterocycles. The van der Waals surface area contributed by atoms with Crippen molar-refractivity contribution < 1.29 is 4.74 Å². The lowest BCUT2D eigenvalue weighted by Gasteiger charge is -2.45. The van der Waals surface area contributed by atoms with Gasteiger partial charge in [0.1, 0.15) is 0 Å². The molecule has 1 heterocycles. The quantitative estimate of drug-likeness (QED) is 0.526. The highest BCUT2D eigenvalue weighted by Crippen LogP contribution is 2.35. The molecule has 0 aliphatic carbocycles. The normalized spacial score (nSPS) is 32.3. The summed E-state index contributed by atoms with van der Waals surface area (Å²) in [5.74, 6) is 0.693. The minimum Gasteiger partial charge on any atom is -0.372 e. The molecule has 0 amide bonds. The van der Waals surface area contributed by atoms with Crippen molar-refractivity contribution in [1.29, 1.82) is 0 Å². The van der Waals surface area contributed by atoms with Crippen molar-refractivity contribution in [2.75, 3.05) is 0 Å². The Bertz CT molecular complexity index is 97.1. The third kappa shape index (κ3) is 1.45. The Morgan fingerprint density at radius 3 is 2.00 bits per heavy atom. The summed E-state index contributed by atoms with van der Waals surface area (Å²) in [6.07, 6.45) is 1.75. The Kier molecular flexibility index (Phi) is 1.55. The summed E-state index contributed by atoms with van der Waals surface area (Å²) in [6, 6.07) is 0. The van der Waals surface area contributed by atoms with Gasteiger partial charge < -0.3 is 4.74 Å². The van der Waals surface area contributed by atoms with Gasteiger partial charge in [-0.25, -0.2) is 0 Å². The predicted molar refractivity (Wildman–Crippen MR) is 38.4 cm³/mol. The van der Waals surface area contributed by atoms with Crippen LogP contribution in [0.15, 0.2) is 0 Å². The molecule has 1 fully saturated rings. The summed E-state index contributed by atoms with van der Waals surface area (Å²) >= 11 is 0. The van der Waals surface area contributed by atoms with Gasteiger partial charge >= 0.3 is 0 Å². The van der Waals surface area contributed by atoms with E-state index in [9.17, 15) is 0 Å². The molecule has 1 heteroatoms. The van der Waals surface area contributed by atoms with E-state index >= 15 is 0 Å². The fourth-order valence-electron chi connectivity index (χ4n) is 1.26. The van der Waals surface area contributed by atoms with Gasteiger partial charge in [0.25, 0.3) is 0 Å². The molecule has 0 aromatic heterocycles. The van der Waals surface area contributed by atoms with Crippen LogP contribution in [0.4, 0.5) is 0 Å². The van der Waals surface area contributed by atoms with Crippen LogP contribution in [0.2, 0.25) is 0 Å². The second kappa shape index (κ2) is 1.98. The Labute approximate surface area is 57.4 Å². The molecule has 0 spiro atoms. The Morgan fingerprint density at radius 1 is 1.44 bits per heavy atom. The van der Waals surface area contributed by atoms with Crippen LogP contribution in [0.1, 0.15) is 34.1 Å². The maximum Gasteiger partial charge on any atom is 0.0655 e. The Balaban J connectivity index is 2.27. The number of hydrogen-bond donors (Lipinski definition) is 0. The molecule has 0 saturated carbocycles. The monoisotopic (exact) mass is 128 g/mol. The lowest BCUT2D eigenvalue weighted by atomic mass is 9.87. The molecule has 0 radical (unpaired) electrons. The average Bonchev–Trinajstić information content (AvgIpc) is 1.59. The van der Waals surface area contributed by atoms with Crippen LogP contribution in [0, 0.1) is 5.92 Å². The molecule has 9 heavy (non-hydrogen) atoms. The molecule has 0 bridgehead atoms.